The molecule has 0 saturated heterocycles. The molecule has 5 heteroatoms. The number of anilines is 1. The molecule has 0 aliphatic carbocycles. The van der Waals surface area contributed by atoms with Gasteiger partial charge in [-0.15, -0.1) is 0 Å². The minimum Gasteiger partial charge on any atom is -0.478 e. The molecule has 0 aliphatic heterocycles. The molecule has 0 atom stereocenters. The summed E-state index contributed by atoms with van der Waals surface area (Å²) >= 11 is 0. The Kier molecular flexibility index (Phi) is 3.31. The lowest BCUT2D eigenvalue weighted by Gasteiger charge is -2.09. The number of halogens is 1. The van der Waals surface area contributed by atoms with Gasteiger partial charge in [-0.25, -0.2) is 9.18 Å². The summed E-state index contributed by atoms with van der Waals surface area (Å²) in [4.78, 5) is 14.0. The highest BCUT2D eigenvalue weighted by atomic mass is 19.1. The van der Waals surface area contributed by atoms with E-state index in [4.69, 9.17) is 5.11 Å². The summed E-state index contributed by atoms with van der Waals surface area (Å²) in [6, 6.07) is 11.6. The van der Waals surface area contributed by atoms with Gasteiger partial charge in [-0.3, -0.25) is 0 Å². The molecule has 1 heterocycles. The third-order valence-electron chi connectivity index (χ3n) is 3.32. The van der Waals surface area contributed by atoms with E-state index in [-0.39, 0.29) is 11.3 Å². The van der Waals surface area contributed by atoms with Gasteiger partial charge in [0.2, 0.25) is 0 Å². The van der Waals surface area contributed by atoms with E-state index >= 15 is 0 Å². The molecular weight excluding hydrogens is 271 g/mol. The van der Waals surface area contributed by atoms with Crippen molar-refractivity contribution in [2.24, 2.45) is 0 Å². The van der Waals surface area contributed by atoms with Crippen LogP contribution in [0.4, 0.5) is 10.1 Å². The van der Waals surface area contributed by atoms with Crippen molar-refractivity contribution in [2.75, 3.05) is 5.32 Å². The van der Waals surface area contributed by atoms with Gasteiger partial charge in [-0.2, -0.15) is 0 Å². The summed E-state index contributed by atoms with van der Waals surface area (Å²) in [5, 5.41) is 13.0. The van der Waals surface area contributed by atoms with Crippen LogP contribution >= 0.6 is 0 Å². The van der Waals surface area contributed by atoms with Crippen LogP contribution < -0.4 is 5.32 Å². The fourth-order valence-electron chi connectivity index (χ4n) is 2.20. The van der Waals surface area contributed by atoms with E-state index in [2.05, 4.69) is 10.3 Å². The lowest BCUT2D eigenvalue weighted by molar-refractivity contribution is 0.0697. The van der Waals surface area contributed by atoms with Crippen LogP contribution in [0.5, 0.6) is 0 Å². The molecule has 0 unspecified atom stereocenters. The number of H-pyrrole nitrogens is 1. The number of carboxylic acid groups (broad SMARTS) is 1. The quantitative estimate of drug-likeness (QED) is 0.685. The second-order valence-electron chi connectivity index (χ2n) is 4.75. The number of hydrogen-bond acceptors (Lipinski definition) is 2. The first-order chi connectivity index (χ1) is 10.1. The fraction of sp³-hybridized carbons (Fsp3) is 0.0625. The molecule has 0 spiro atoms. The van der Waals surface area contributed by atoms with Gasteiger partial charge in [0.05, 0.1) is 11.3 Å². The summed E-state index contributed by atoms with van der Waals surface area (Å²) < 4.78 is 13.7. The predicted molar refractivity (Wildman–Crippen MR) is 79.0 cm³/mol. The average molecular weight is 284 g/mol. The number of hydrogen-bond donors (Lipinski definition) is 3. The predicted octanol–water partition coefficient (Wildman–Crippen LogP) is 3.62. The van der Waals surface area contributed by atoms with E-state index in [1.165, 1.54) is 12.1 Å². The minimum absolute atomic E-state index is 0.0544. The van der Waals surface area contributed by atoms with Crippen molar-refractivity contribution in [3.05, 3.63) is 65.6 Å². The number of fused-ring (bicyclic) bond motifs is 1. The van der Waals surface area contributed by atoms with Crippen LogP contribution in [0.2, 0.25) is 0 Å². The third-order valence-corrected chi connectivity index (χ3v) is 3.32. The van der Waals surface area contributed by atoms with E-state index in [0.29, 0.717) is 6.54 Å². The molecule has 0 fully saturated rings. The Hall–Kier alpha value is -2.82. The first-order valence-corrected chi connectivity index (χ1v) is 6.46. The van der Waals surface area contributed by atoms with Crippen LogP contribution in [0.25, 0.3) is 10.9 Å². The zero-order valence-corrected chi connectivity index (χ0v) is 11.1. The number of benzene rings is 2. The molecule has 4 nitrogen and oxygen atoms in total. The van der Waals surface area contributed by atoms with Crippen LogP contribution in [-0.2, 0) is 6.54 Å². The Morgan fingerprint density at radius 1 is 1.19 bits per heavy atom. The monoisotopic (exact) mass is 284 g/mol. The molecule has 0 amide bonds. The van der Waals surface area contributed by atoms with Crippen molar-refractivity contribution >= 4 is 22.6 Å². The maximum Gasteiger partial charge on any atom is 0.335 e. The van der Waals surface area contributed by atoms with Crippen LogP contribution in [0.1, 0.15) is 15.9 Å². The normalized spacial score (nSPS) is 10.7. The van der Waals surface area contributed by atoms with Crippen LogP contribution in [-0.4, -0.2) is 16.1 Å². The number of carbonyl (C=O) groups is 1. The largest absolute Gasteiger partial charge is 0.478 e. The van der Waals surface area contributed by atoms with Crippen molar-refractivity contribution in [1.82, 2.24) is 4.98 Å². The average Bonchev–Trinajstić information content (AvgIpc) is 2.93. The van der Waals surface area contributed by atoms with Gasteiger partial charge < -0.3 is 15.4 Å². The number of nitrogens with one attached hydrogen (secondary N) is 2. The van der Waals surface area contributed by atoms with E-state index < -0.39 is 11.8 Å². The van der Waals surface area contributed by atoms with Crippen molar-refractivity contribution in [1.29, 1.82) is 0 Å². The molecule has 3 rings (SSSR count). The molecule has 0 bridgehead atoms. The van der Waals surface area contributed by atoms with Crippen molar-refractivity contribution in [2.45, 2.75) is 6.54 Å². The van der Waals surface area contributed by atoms with Gasteiger partial charge in [0, 0.05) is 18.3 Å². The summed E-state index contributed by atoms with van der Waals surface area (Å²) in [7, 11) is 0. The Bertz CT molecular complexity index is 811. The number of carboxylic acids is 1. The van der Waals surface area contributed by atoms with E-state index in [9.17, 15) is 9.18 Å². The molecule has 1 aromatic heterocycles. The highest BCUT2D eigenvalue weighted by molar-refractivity contribution is 5.88. The second kappa shape index (κ2) is 5.28. The van der Waals surface area contributed by atoms with Crippen LogP contribution in [0, 0.1) is 5.82 Å². The summed E-state index contributed by atoms with van der Waals surface area (Å²) in [5.41, 5.74) is 2.22. The lowest BCUT2D eigenvalue weighted by atomic mass is 10.1. The number of aromatic amines is 1. The number of rotatable bonds is 4. The minimum atomic E-state index is -1.08. The molecule has 0 radical (unpaired) electrons. The molecule has 21 heavy (non-hydrogen) atoms. The van der Waals surface area contributed by atoms with Crippen molar-refractivity contribution < 1.29 is 14.3 Å². The van der Waals surface area contributed by atoms with E-state index in [1.807, 2.05) is 30.5 Å². The summed E-state index contributed by atoms with van der Waals surface area (Å²) in [6.45, 7) is 0.412. The molecule has 106 valence electrons. The highest BCUT2D eigenvalue weighted by Crippen LogP contribution is 2.19. The van der Waals surface area contributed by atoms with Gasteiger partial charge in [0.25, 0.3) is 0 Å². The zero-order chi connectivity index (χ0) is 14.8. The van der Waals surface area contributed by atoms with E-state index in [1.54, 1.807) is 0 Å². The number of aromatic nitrogens is 1. The summed E-state index contributed by atoms with van der Waals surface area (Å²) in [6.07, 6.45) is 1.86. The standard InChI is InChI=1S/C16H13FN2O2/c17-13-4-3-12(16(20)21)8-15(13)19-9-10-1-2-11-5-6-18-14(11)7-10/h1-8,18-19H,9H2,(H,20,21). The van der Waals surface area contributed by atoms with Gasteiger partial charge in [0.15, 0.2) is 0 Å². The smallest absolute Gasteiger partial charge is 0.335 e. The Morgan fingerprint density at radius 3 is 2.86 bits per heavy atom. The van der Waals surface area contributed by atoms with Crippen molar-refractivity contribution in [3.63, 3.8) is 0 Å². The molecule has 0 saturated carbocycles. The molecule has 3 N–H and O–H groups in total. The molecular formula is C16H13FN2O2. The van der Waals surface area contributed by atoms with Gasteiger partial charge in [0.1, 0.15) is 5.82 Å². The zero-order valence-electron chi connectivity index (χ0n) is 11.1. The van der Waals surface area contributed by atoms with Gasteiger partial charge in [-0.1, -0.05) is 12.1 Å². The topological polar surface area (TPSA) is 65.1 Å². The Morgan fingerprint density at radius 2 is 2.05 bits per heavy atom. The lowest BCUT2D eigenvalue weighted by Crippen LogP contribution is -2.04. The Balaban J connectivity index is 1.80. The molecule has 2 aromatic carbocycles. The first-order valence-electron chi connectivity index (χ1n) is 6.46. The fourth-order valence-corrected chi connectivity index (χ4v) is 2.20. The van der Waals surface area contributed by atoms with Gasteiger partial charge in [-0.05, 0) is 41.3 Å². The number of aromatic carboxylic acids is 1. The Labute approximate surface area is 120 Å². The van der Waals surface area contributed by atoms with Gasteiger partial charge >= 0.3 is 5.97 Å². The van der Waals surface area contributed by atoms with Crippen LogP contribution in [0.3, 0.4) is 0 Å². The molecule has 3 aromatic rings. The maximum atomic E-state index is 13.7. The SMILES string of the molecule is O=C(O)c1ccc(F)c(NCc2ccc3cc[nH]c3c2)c1. The van der Waals surface area contributed by atoms with E-state index in [0.717, 1.165) is 22.5 Å². The van der Waals surface area contributed by atoms with Crippen molar-refractivity contribution in [3.8, 4) is 0 Å². The summed E-state index contributed by atoms with van der Waals surface area (Å²) in [5.74, 6) is -1.55. The molecule has 0 aliphatic rings. The highest BCUT2D eigenvalue weighted by Gasteiger charge is 2.08. The van der Waals surface area contributed by atoms with Crippen LogP contribution in [0.15, 0.2) is 48.7 Å². The second-order valence-corrected chi connectivity index (χ2v) is 4.75. The third kappa shape index (κ3) is 2.72. The maximum absolute atomic E-state index is 13.7. The first kappa shape index (κ1) is 13.2.